The average molecular weight is 310 g/mol. The summed E-state index contributed by atoms with van der Waals surface area (Å²) in [6.45, 7) is 2.06. The Hall–Kier alpha value is -1.22. The molecule has 0 aliphatic carbocycles. The van der Waals surface area contributed by atoms with E-state index in [1.54, 1.807) is 30.0 Å². The van der Waals surface area contributed by atoms with E-state index in [-0.39, 0.29) is 5.91 Å². The maximum absolute atomic E-state index is 11.9. The third-order valence-corrected chi connectivity index (χ3v) is 4.79. The minimum Gasteiger partial charge on any atom is -0.324 e. The maximum Gasteiger partial charge on any atom is 0.234 e. The number of anilines is 1. The molecule has 1 heterocycles. The highest BCUT2D eigenvalue weighted by atomic mass is 35.5. The molecule has 0 aromatic heterocycles. The Bertz CT molecular complexity index is 524. The SMILES string of the molecule is N#Cc1ccc(NC(=O)CSC2CCNCC2)c(Cl)c1. The second-order valence-corrected chi connectivity index (χ2v) is 6.31. The molecular weight excluding hydrogens is 294 g/mol. The van der Waals surface area contributed by atoms with Gasteiger partial charge in [0.15, 0.2) is 0 Å². The van der Waals surface area contributed by atoms with E-state index in [1.807, 2.05) is 6.07 Å². The molecule has 1 aliphatic heterocycles. The van der Waals surface area contributed by atoms with E-state index < -0.39 is 0 Å². The van der Waals surface area contributed by atoms with Gasteiger partial charge < -0.3 is 10.6 Å². The number of halogens is 1. The second-order valence-electron chi connectivity index (χ2n) is 4.61. The van der Waals surface area contributed by atoms with Crippen LogP contribution in [0.4, 0.5) is 5.69 Å². The van der Waals surface area contributed by atoms with Crippen LogP contribution >= 0.6 is 23.4 Å². The van der Waals surface area contributed by atoms with Crippen molar-refractivity contribution in [1.82, 2.24) is 5.32 Å². The van der Waals surface area contributed by atoms with Crippen molar-refractivity contribution < 1.29 is 4.79 Å². The highest BCUT2D eigenvalue weighted by molar-refractivity contribution is 8.00. The number of benzene rings is 1. The summed E-state index contributed by atoms with van der Waals surface area (Å²) in [7, 11) is 0. The average Bonchev–Trinajstić information content (AvgIpc) is 2.48. The van der Waals surface area contributed by atoms with Crippen LogP contribution in [0.2, 0.25) is 5.02 Å². The maximum atomic E-state index is 11.9. The van der Waals surface area contributed by atoms with Crippen LogP contribution in [-0.2, 0) is 4.79 Å². The Kier molecular flexibility index (Phi) is 5.72. The highest BCUT2D eigenvalue weighted by Crippen LogP contribution is 2.24. The van der Waals surface area contributed by atoms with Gasteiger partial charge in [0.2, 0.25) is 5.91 Å². The van der Waals surface area contributed by atoms with Gasteiger partial charge in [-0.3, -0.25) is 4.79 Å². The van der Waals surface area contributed by atoms with Crippen molar-refractivity contribution in [2.45, 2.75) is 18.1 Å². The fraction of sp³-hybridized carbons (Fsp3) is 0.429. The van der Waals surface area contributed by atoms with Crippen LogP contribution in [0.1, 0.15) is 18.4 Å². The van der Waals surface area contributed by atoms with Gasteiger partial charge in [0.25, 0.3) is 0 Å². The third-order valence-electron chi connectivity index (χ3n) is 3.11. The van der Waals surface area contributed by atoms with Crippen LogP contribution in [0, 0.1) is 11.3 Å². The van der Waals surface area contributed by atoms with Crippen molar-refractivity contribution in [2.75, 3.05) is 24.2 Å². The largest absolute Gasteiger partial charge is 0.324 e. The van der Waals surface area contributed by atoms with Crippen LogP contribution < -0.4 is 10.6 Å². The predicted octanol–water partition coefficient (Wildman–Crippen LogP) is 2.64. The lowest BCUT2D eigenvalue weighted by Crippen LogP contribution is -2.30. The number of nitrogens with one attached hydrogen (secondary N) is 2. The molecule has 1 saturated heterocycles. The molecule has 2 N–H and O–H groups in total. The van der Waals surface area contributed by atoms with Crippen molar-refractivity contribution in [3.63, 3.8) is 0 Å². The van der Waals surface area contributed by atoms with Crippen molar-refractivity contribution in [2.24, 2.45) is 0 Å². The van der Waals surface area contributed by atoms with Gasteiger partial charge in [-0.25, -0.2) is 0 Å². The third kappa shape index (κ3) is 4.41. The standard InChI is InChI=1S/C14H16ClN3OS/c15-12-7-10(8-16)1-2-13(12)18-14(19)9-20-11-3-5-17-6-4-11/h1-2,7,11,17H,3-6,9H2,(H,18,19). The first-order chi connectivity index (χ1) is 9.69. The van der Waals surface area contributed by atoms with Crippen LogP contribution in [0.3, 0.4) is 0 Å². The number of hydrogen-bond acceptors (Lipinski definition) is 4. The lowest BCUT2D eigenvalue weighted by Gasteiger charge is -2.21. The summed E-state index contributed by atoms with van der Waals surface area (Å²) in [6, 6.07) is 6.86. The number of carbonyl (C=O) groups excluding carboxylic acids is 1. The second kappa shape index (κ2) is 7.53. The Morgan fingerprint density at radius 1 is 1.50 bits per heavy atom. The summed E-state index contributed by atoms with van der Waals surface area (Å²) in [4.78, 5) is 11.9. The summed E-state index contributed by atoms with van der Waals surface area (Å²) < 4.78 is 0. The monoisotopic (exact) mass is 309 g/mol. The molecule has 0 saturated carbocycles. The topological polar surface area (TPSA) is 64.9 Å². The number of thioether (sulfide) groups is 1. The van der Waals surface area contributed by atoms with Crippen LogP contribution in [0.25, 0.3) is 0 Å². The first-order valence-electron chi connectivity index (χ1n) is 6.51. The molecule has 0 radical (unpaired) electrons. The first kappa shape index (κ1) is 15.2. The predicted molar refractivity (Wildman–Crippen MR) is 83.1 cm³/mol. The minimum absolute atomic E-state index is 0.0554. The molecule has 6 heteroatoms. The Morgan fingerprint density at radius 3 is 2.90 bits per heavy atom. The van der Waals surface area contributed by atoms with Gasteiger partial charge in [-0.1, -0.05) is 11.6 Å². The molecule has 0 unspecified atom stereocenters. The zero-order chi connectivity index (χ0) is 14.4. The van der Waals surface area contributed by atoms with E-state index in [1.165, 1.54) is 0 Å². The quantitative estimate of drug-likeness (QED) is 0.897. The zero-order valence-corrected chi connectivity index (χ0v) is 12.6. The summed E-state index contributed by atoms with van der Waals surface area (Å²) in [5.74, 6) is 0.376. The molecule has 1 aromatic rings. The number of amides is 1. The van der Waals surface area contributed by atoms with Crippen LogP contribution in [-0.4, -0.2) is 30.0 Å². The van der Waals surface area contributed by atoms with Crippen LogP contribution in [0.5, 0.6) is 0 Å². The van der Waals surface area contributed by atoms with Crippen molar-refractivity contribution in [3.8, 4) is 6.07 Å². The molecule has 0 atom stereocenters. The van der Waals surface area contributed by atoms with Crippen LogP contribution in [0.15, 0.2) is 18.2 Å². The molecular formula is C14H16ClN3OS. The summed E-state index contributed by atoms with van der Waals surface area (Å²) >= 11 is 7.71. The molecule has 1 aromatic carbocycles. The number of piperidine rings is 1. The Labute approximate surface area is 127 Å². The molecule has 1 fully saturated rings. The van der Waals surface area contributed by atoms with Gasteiger partial charge >= 0.3 is 0 Å². The minimum atomic E-state index is -0.0554. The summed E-state index contributed by atoms with van der Waals surface area (Å²) in [5.41, 5.74) is 1.04. The fourth-order valence-corrected chi connectivity index (χ4v) is 3.28. The molecule has 2 rings (SSSR count). The van der Waals surface area contributed by atoms with E-state index >= 15 is 0 Å². The fourth-order valence-electron chi connectivity index (χ4n) is 2.03. The summed E-state index contributed by atoms with van der Waals surface area (Å²) in [5, 5.41) is 15.8. The number of carbonyl (C=O) groups is 1. The normalized spacial score (nSPS) is 15.6. The molecule has 20 heavy (non-hydrogen) atoms. The van der Waals surface area contributed by atoms with Gasteiger partial charge in [0.1, 0.15) is 0 Å². The van der Waals surface area contributed by atoms with E-state index in [9.17, 15) is 4.79 Å². The molecule has 1 aliphatic rings. The van der Waals surface area contributed by atoms with Crippen molar-refractivity contribution in [3.05, 3.63) is 28.8 Å². The number of nitrogens with zero attached hydrogens (tertiary/aromatic N) is 1. The summed E-state index contributed by atoms with van der Waals surface area (Å²) in [6.07, 6.45) is 2.21. The zero-order valence-electron chi connectivity index (χ0n) is 11.0. The number of hydrogen-bond donors (Lipinski definition) is 2. The molecule has 4 nitrogen and oxygen atoms in total. The lowest BCUT2D eigenvalue weighted by atomic mass is 10.2. The molecule has 0 spiro atoms. The first-order valence-corrected chi connectivity index (χ1v) is 7.93. The van der Waals surface area contributed by atoms with Gasteiger partial charge in [-0.15, -0.1) is 11.8 Å². The number of rotatable bonds is 4. The highest BCUT2D eigenvalue weighted by Gasteiger charge is 2.15. The van der Waals surface area contributed by atoms with Gasteiger partial charge in [0.05, 0.1) is 28.1 Å². The van der Waals surface area contributed by atoms with Gasteiger partial charge in [0, 0.05) is 5.25 Å². The van der Waals surface area contributed by atoms with Crippen molar-refractivity contribution in [1.29, 1.82) is 5.26 Å². The Morgan fingerprint density at radius 2 is 2.25 bits per heavy atom. The van der Waals surface area contributed by atoms with Gasteiger partial charge in [-0.2, -0.15) is 5.26 Å². The van der Waals surface area contributed by atoms with Crippen molar-refractivity contribution >= 4 is 35.0 Å². The smallest absolute Gasteiger partial charge is 0.234 e. The van der Waals surface area contributed by atoms with Gasteiger partial charge in [-0.05, 0) is 44.1 Å². The van der Waals surface area contributed by atoms with E-state index in [4.69, 9.17) is 16.9 Å². The molecule has 106 valence electrons. The van der Waals surface area contributed by atoms with E-state index in [0.717, 1.165) is 25.9 Å². The lowest BCUT2D eigenvalue weighted by molar-refractivity contribution is -0.113. The molecule has 0 bridgehead atoms. The van der Waals surface area contributed by atoms with E-state index in [2.05, 4.69) is 10.6 Å². The number of nitriles is 1. The Balaban J connectivity index is 1.83. The molecule has 1 amide bonds. The van der Waals surface area contributed by atoms with E-state index in [0.29, 0.717) is 27.3 Å².